The van der Waals surface area contributed by atoms with Gasteiger partial charge in [-0.05, 0) is 26.2 Å². The van der Waals surface area contributed by atoms with Crippen LogP contribution in [0.15, 0.2) is 0 Å². The van der Waals surface area contributed by atoms with E-state index in [-0.39, 0.29) is 11.9 Å². The van der Waals surface area contributed by atoms with E-state index in [9.17, 15) is 4.79 Å². The highest BCUT2D eigenvalue weighted by Crippen LogP contribution is 2.25. The van der Waals surface area contributed by atoms with E-state index in [0.29, 0.717) is 13.0 Å². The maximum Gasteiger partial charge on any atom is 0.252 e. The molecule has 1 heterocycles. The average molecular weight is 209 g/mol. The van der Waals surface area contributed by atoms with Crippen molar-refractivity contribution < 1.29 is 9.53 Å². The van der Waals surface area contributed by atoms with Gasteiger partial charge in [0.1, 0.15) is 5.60 Å². The molecule has 0 aromatic rings. The summed E-state index contributed by atoms with van der Waals surface area (Å²) < 4.78 is 5.46. The third-order valence-corrected chi connectivity index (χ3v) is 2.89. The maximum atomic E-state index is 11.9. The fourth-order valence-corrected chi connectivity index (χ4v) is 1.74. The number of nitrogens with one attached hydrogen (secondary N) is 1. The summed E-state index contributed by atoms with van der Waals surface area (Å²) >= 11 is 0. The molecule has 84 valence electrons. The van der Waals surface area contributed by atoms with E-state index in [1.54, 1.807) is 0 Å². The first-order chi connectivity index (χ1) is 7.12. The SMILES string of the molecule is C#CCC(CC)NC(=O)C1(C)CCCO1. The van der Waals surface area contributed by atoms with Gasteiger partial charge in [0.15, 0.2) is 0 Å². The van der Waals surface area contributed by atoms with E-state index < -0.39 is 5.60 Å². The fraction of sp³-hybridized carbons (Fsp3) is 0.750. The van der Waals surface area contributed by atoms with Crippen LogP contribution in [0.1, 0.15) is 39.5 Å². The van der Waals surface area contributed by atoms with Crippen LogP contribution in [0.2, 0.25) is 0 Å². The summed E-state index contributed by atoms with van der Waals surface area (Å²) in [7, 11) is 0. The van der Waals surface area contributed by atoms with Crippen molar-refractivity contribution in [1.29, 1.82) is 0 Å². The summed E-state index contributed by atoms with van der Waals surface area (Å²) in [6, 6.07) is 0.0727. The summed E-state index contributed by atoms with van der Waals surface area (Å²) in [6.07, 6.45) is 8.42. The molecular formula is C12H19NO2. The zero-order valence-corrected chi connectivity index (χ0v) is 9.51. The van der Waals surface area contributed by atoms with Crippen molar-refractivity contribution in [2.75, 3.05) is 6.61 Å². The van der Waals surface area contributed by atoms with Crippen molar-refractivity contribution in [2.45, 2.75) is 51.2 Å². The van der Waals surface area contributed by atoms with E-state index in [2.05, 4.69) is 11.2 Å². The van der Waals surface area contributed by atoms with Crippen LogP contribution in [0.5, 0.6) is 0 Å². The zero-order chi connectivity index (χ0) is 11.3. The van der Waals surface area contributed by atoms with Gasteiger partial charge in [0.2, 0.25) is 0 Å². The van der Waals surface area contributed by atoms with Crippen LogP contribution in [0.3, 0.4) is 0 Å². The normalized spacial score (nSPS) is 27.0. The Balaban J connectivity index is 2.50. The number of amides is 1. The molecule has 0 radical (unpaired) electrons. The summed E-state index contributed by atoms with van der Waals surface area (Å²) in [5.74, 6) is 2.55. The lowest BCUT2D eigenvalue weighted by Crippen LogP contribution is -2.47. The third-order valence-electron chi connectivity index (χ3n) is 2.89. The Bertz CT molecular complexity index is 261. The quantitative estimate of drug-likeness (QED) is 0.712. The van der Waals surface area contributed by atoms with Crippen molar-refractivity contribution in [3.05, 3.63) is 0 Å². The Morgan fingerprint density at radius 2 is 2.47 bits per heavy atom. The first-order valence-corrected chi connectivity index (χ1v) is 5.50. The molecule has 1 aliphatic rings. The highest BCUT2D eigenvalue weighted by Gasteiger charge is 2.38. The molecule has 1 fully saturated rings. The highest BCUT2D eigenvalue weighted by molar-refractivity contribution is 5.85. The minimum atomic E-state index is -0.637. The van der Waals surface area contributed by atoms with Crippen LogP contribution in [-0.4, -0.2) is 24.2 Å². The van der Waals surface area contributed by atoms with E-state index in [0.717, 1.165) is 19.3 Å². The molecule has 3 heteroatoms. The summed E-state index contributed by atoms with van der Waals surface area (Å²) in [6.45, 7) is 4.54. The highest BCUT2D eigenvalue weighted by atomic mass is 16.5. The lowest BCUT2D eigenvalue weighted by molar-refractivity contribution is -0.140. The molecule has 1 N–H and O–H groups in total. The standard InChI is InChI=1S/C12H19NO2/c1-4-7-10(5-2)13-11(14)12(3)8-6-9-15-12/h1,10H,5-9H2,2-3H3,(H,13,14). The number of carbonyl (C=O) groups excluding carboxylic acids is 1. The van der Waals surface area contributed by atoms with E-state index in [1.807, 2.05) is 13.8 Å². The number of hydrogen-bond donors (Lipinski definition) is 1. The fourth-order valence-electron chi connectivity index (χ4n) is 1.74. The van der Waals surface area contributed by atoms with Crippen molar-refractivity contribution in [2.24, 2.45) is 0 Å². The molecule has 2 atom stereocenters. The molecule has 0 bridgehead atoms. The number of rotatable bonds is 4. The number of carbonyl (C=O) groups is 1. The van der Waals surface area contributed by atoms with Gasteiger partial charge in [0, 0.05) is 19.1 Å². The third kappa shape index (κ3) is 2.97. The van der Waals surface area contributed by atoms with Gasteiger partial charge in [-0.2, -0.15) is 0 Å². The molecule has 2 unspecified atom stereocenters. The minimum absolute atomic E-state index is 0.0258. The van der Waals surface area contributed by atoms with E-state index in [4.69, 9.17) is 11.2 Å². The molecule has 0 spiro atoms. The molecule has 1 aliphatic heterocycles. The molecule has 1 saturated heterocycles. The molecule has 1 rings (SSSR count). The van der Waals surface area contributed by atoms with Gasteiger partial charge in [-0.15, -0.1) is 12.3 Å². The predicted molar refractivity (Wildman–Crippen MR) is 59.3 cm³/mol. The van der Waals surface area contributed by atoms with Crippen molar-refractivity contribution in [1.82, 2.24) is 5.32 Å². The van der Waals surface area contributed by atoms with Crippen LogP contribution < -0.4 is 5.32 Å². The van der Waals surface area contributed by atoms with Gasteiger partial charge in [-0.25, -0.2) is 0 Å². The predicted octanol–water partition coefficient (Wildman–Crippen LogP) is 1.47. The Labute approximate surface area is 91.6 Å². The van der Waals surface area contributed by atoms with Crippen LogP contribution in [-0.2, 0) is 9.53 Å². The van der Waals surface area contributed by atoms with Crippen LogP contribution in [0.4, 0.5) is 0 Å². The van der Waals surface area contributed by atoms with Gasteiger partial charge in [0.05, 0.1) is 0 Å². The van der Waals surface area contributed by atoms with Crippen molar-refractivity contribution in [3.63, 3.8) is 0 Å². The second kappa shape index (κ2) is 5.18. The number of hydrogen-bond acceptors (Lipinski definition) is 2. The number of ether oxygens (including phenoxy) is 1. The molecule has 15 heavy (non-hydrogen) atoms. The van der Waals surface area contributed by atoms with Crippen molar-refractivity contribution in [3.8, 4) is 12.3 Å². The lowest BCUT2D eigenvalue weighted by Gasteiger charge is -2.25. The first kappa shape index (κ1) is 12.1. The molecule has 1 amide bonds. The molecule has 0 aromatic carbocycles. The largest absolute Gasteiger partial charge is 0.365 e. The molecule has 0 aromatic heterocycles. The Kier molecular flexibility index (Phi) is 4.16. The topological polar surface area (TPSA) is 38.3 Å². The van der Waals surface area contributed by atoms with Gasteiger partial charge < -0.3 is 10.1 Å². The summed E-state index contributed by atoms with van der Waals surface area (Å²) in [5, 5.41) is 2.94. The first-order valence-electron chi connectivity index (χ1n) is 5.50. The molecular weight excluding hydrogens is 190 g/mol. The van der Waals surface area contributed by atoms with Crippen LogP contribution in [0.25, 0.3) is 0 Å². The number of terminal acetylenes is 1. The van der Waals surface area contributed by atoms with Crippen LogP contribution >= 0.6 is 0 Å². The summed E-state index contributed by atoms with van der Waals surface area (Å²) in [4.78, 5) is 11.9. The average Bonchev–Trinajstić information content (AvgIpc) is 2.65. The molecule has 0 aliphatic carbocycles. The molecule has 0 saturated carbocycles. The van der Waals surface area contributed by atoms with Gasteiger partial charge in [-0.3, -0.25) is 4.79 Å². The Morgan fingerprint density at radius 3 is 2.93 bits per heavy atom. The smallest absolute Gasteiger partial charge is 0.252 e. The van der Waals surface area contributed by atoms with Crippen molar-refractivity contribution >= 4 is 5.91 Å². The zero-order valence-electron chi connectivity index (χ0n) is 9.51. The maximum absolute atomic E-state index is 11.9. The second-order valence-electron chi connectivity index (χ2n) is 4.17. The second-order valence-corrected chi connectivity index (χ2v) is 4.17. The monoisotopic (exact) mass is 209 g/mol. The summed E-state index contributed by atoms with van der Waals surface area (Å²) in [5.41, 5.74) is -0.637. The van der Waals surface area contributed by atoms with Gasteiger partial charge in [0.25, 0.3) is 5.91 Å². The van der Waals surface area contributed by atoms with Gasteiger partial charge in [-0.1, -0.05) is 6.92 Å². The van der Waals surface area contributed by atoms with Crippen LogP contribution in [0, 0.1) is 12.3 Å². The molecule has 3 nitrogen and oxygen atoms in total. The van der Waals surface area contributed by atoms with Gasteiger partial charge >= 0.3 is 0 Å². The lowest BCUT2D eigenvalue weighted by atomic mass is 10.0. The van der Waals surface area contributed by atoms with E-state index >= 15 is 0 Å². The Morgan fingerprint density at radius 1 is 1.73 bits per heavy atom. The minimum Gasteiger partial charge on any atom is -0.365 e. The van der Waals surface area contributed by atoms with E-state index in [1.165, 1.54) is 0 Å². The Hall–Kier alpha value is -1.01.